The van der Waals surface area contributed by atoms with Gasteiger partial charge in [-0.15, -0.1) is 0 Å². The van der Waals surface area contributed by atoms with Crippen molar-refractivity contribution in [3.05, 3.63) is 71.1 Å². The third-order valence-corrected chi connectivity index (χ3v) is 5.13. The maximum atomic E-state index is 12.0. The van der Waals surface area contributed by atoms with Crippen molar-refractivity contribution < 1.29 is 18.0 Å². The zero-order chi connectivity index (χ0) is 23.9. The molecule has 32 heavy (non-hydrogen) atoms. The summed E-state index contributed by atoms with van der Waals surface area (Å²) in [6.45, 7) is 10.2. The van der Waals surface area contributed by atoms with Crippen LogP contribution in [0.25, 0.3) is 6.20 Å². The number of pyridine rings is 1. The van der Waals surface area contributed by atoms with Crippen LogP contribution in [0.2, 0.25) is 0 Å². The maximum Gasteiger partial charge on any atom is 0.433 e. The molecule has 2 heterocycles. The second-order valence-corrected chi connectivity index (χ2v) is 7.56. The van der Waals surface area contributed by atoms with E-state index in [0.29, 0.717) is 11.6 Å². The standard InChI is InChI=1S/C17H22N2O.C7H7F3N2/c1-5-16-18-8-9-19(16)10-12(2)14(4)17(13(3)11-20)15-6-7-15;1-11-5-2-3-12-6(4-5)7(8,9)10/h8-11,15H,4-7H2,1-3H3;2-4H,1H3,(H,11,12)/b12-10+,17-13-;. The molecular weight excluding hydrogens is 417 g/mol. The highest BCUT2D eigenvalue weighted by atomic mass is 19.4. The number of imidazole rings is 1. The monoisotopic (exact) mass is 446 g/mol. The van der Waals surface area contributed by atoms with E-state index in [1.807, 2.05) is 24.6 Å². The lowest BCUT2D eigenvalue weighted by Crippen LogP contribution is -2.07. The SMILES string of the molecule is C=C(/C(C)=C/n1ccnc1CC)/C(=C(\C)C=O)C1CC1.CNc1ccnc(C(F)(F)F)c1. The van der Waals surface area contributed by atoms with Gasteiger partial charge in [-0.3, -0.25) is 9.78 Å². The molecule has 2 aromatic rings. The Morgan fingerprint density at radius 1 is 1.28 bits per heavy atom. The number of anilines is 1. The Morgan fingerprint density at radius 2 is 1.97 bits per heavy atom. The summed E-state index contributed by atoms with van der Waals surface area (Å²) in [5.74, 6) is 1.55. The molecule has 0 bridgehead atoms. The molecule has 8 heteroatoms. The summed E-state index contributed by atoms with van der Waals surface area (Å²) in [5.41, 5.74) is 3.53. The van der Waals surface area contributed by atoms with Crippen molar-refractivity contribution in [3.8, 4) is 0 Å². The van der Waals surface area contributed by atoms with Gasteiger partial charge in [0.25, 0.3) is 0 Å². The number of halogens is 3. The first-order valence-corrected chi connectivity index (χ1v) is 10.4. The topological polar surface area (TPSA) is 59.8 Å². The van der Waals surface area contributed by atoms with Gasteiger partial charge in [-0.2, -0.15) is 13.2 Å². The smallest absolute Gasteiger partial charge is 0.388 e. The molecule has 0 radical (unpaired) electrons. The number of rotatable bonds is 7. The van der Waals surface area contributed by atoms with Crippen LogP contribution in [0.3, 0.4) is 0 Å². The number of carbonyl (C=O) groups is 1. The lowest BCUT2D eigenvalue weighted by molar-refractivity contribution is -0.141. The molecule has 1 aliphatic carbocycles. The summed E-state index contributed by atoms with van der Waals surface area (Å²) >= 11 is 0. The minimum Gasteiger partial charge on any atom is -0.388 e. The fraction of sp³-hybridized carbons (Fsp3) is 0.375. The van der Waals surface area contributed by atoms with Gasteiger partial charge in [0.05, 0.1) is 0 Å². The second kappa shape index (κ2) is 10.9. The molecule has 0 spiro atoms. The second-order valence-electron chi connectivity index (χ2n) is 7.56. The molecule has 1 fully saturated rings. The summed E-state index contributed by atoms with van der Waals surface area (Å²) in [5, 5.41) is 2.60. The van der Waals surface area contributed by atoms with Crippen molar-refractivity contribution in [3.63, 3.8) is 0 Å². The van der Waals surface area contributed by atoms with E-state index < -0.39 is 11.9 Å². The maximum absolute atomic E-state index is 12.0. The van der Waals surface area contributed by atoms with Gasteiger partial charge in [-0.05, 0) is 67.0 Å². The molecule has 1 N–H and O–H groups in total. The Morgan fingerprint density at radius 3 is 2.50 bits per heavy atom. The Kier molecular flexibility index (Phi) is 8.57. The number of aromatic nitrogens is 3. The molecule has 0 unspecified atom stereocenters. The van der Waals surface area contributed by atoms with Gasteiger partial charge >= 0.3 is 6.18 Å². The normalized spacial score (nSPS) is 14.8. The summed E-state index contributed by atoms with van der Waals surface area (Å²) < 4.78 is 38.1. The number of nitrogens with one attached hydrogen (secondary N) is 1. The van der Waals surface area contributed by atoms with Crippen LogP contribution < -0.4 is 5.32 Å². The Balaban J connectivity index is 0.000000258. The average molecular weight is 447 g/mol. The van der Waals surface area contributed by atoms with Gasteiger partial charge in [0, 0.05) is 43.9 Å². The highest BCUT2D eigenvalue weighted by Crippen LogP contribution is 2.42. The summed E-state index contributed by atoms with van der Waals surface area (Å²) in [4.78, 5) is 18.6. The van der Waals surface area contributed by atoms with E-state index in [1.54, 1.807) is 13.2 Å². The fourth-order valence-corrected chi connectivity index (χ4v) is 3.22. The molecule has 1 aliphatic rings. The van der Waals surface area contributed by atoms with Crippen LogP contribution in [0.15, 0.2) is 59.6 Å². The van der Waals surface area contributed by atoms with Crippen LogP contribution in [0.4, 0.5) is 18.9 Å². The molecule has 2 aromatic heterocycles. The zero-order valence-electron chi connectivity index (χ0n) is 18.8. The molecule has 0 aliphatic heterocycles. The van der Waals surface area contributed by atoms with E-state index in [2.05, 4.69) is 35.0 Å². The highest BCUT2D eigenvalue weighted by molar-refractivity contribution is 5.77. The molecular formula is C24H29F3N4O. The average Bonchev–Trinajstić information content (AvgIpc) is 3.51. The zero-order valence-corrected chi connectivity index (χ0v) is 18.8. The van der Waals surface area contributed by atoms with E-state index in [4.69, 9.17) is 0 Å². The first-order chi connectivity index (χ1) is 15.1. The van der Waals surface area contributed by atoms with Gasteiger partial charge in [-0.25, -0.2) is 4.98 Å². The third-order valence-electron chi connectivity index (χ3n) is 5.13. The van der Waals surface area contributed by atoms with Crippen molar-refractivity contribution in [1.82, 2.24) is 14.5 Å². The molecule has 3 rings (SSSR count). The quantitative estimate of drug-likeness (QED) is 0.325. The number of nitrogens with zero attached hydrogens (tertiary/aromatic N) is 3. The minimum atomic E-state index is -4.37. The van der Waals surface area contributed by atoms with E-state index in [9.17, 15) is 18.0 Å². The first kappa shape index (κ1) is 25.1. The predicted octanol–water partition coefficient (Wildman–Crippen LogP) is 5.93. The number of allylic oxidation sites excluding steroid dienone is 4. The molecule has 0 atom stereocenters. The predicted molar refractivity (Wildman–Crippen MR) is 121 cm³/mol. The number of hydrogen-bond donors (Lipinski definition) is 1. The molecule has 0 aromatic carbocycles. The van der Waals surface area contributed by atoms with Gasteiger partial charge in [0.15, 0.2) is 0 Å². The number of aldehydes is 1. The van der Waals surface area contributed by atoms with Crippen LogP contribution in [0, 0.1) is 5.92 Å². The van der Waals surface area contributed by atoms with Crippen molar-refractivity contribution >= 4 is 18.2 Å². The molecule has 0 amide bonds. The van der Waals surface area contributed by atoms with Gasteiger partial charge < -0.3 is 9.88 Å². The molecule has 0 saturated heterocycles. The molecule has 1 saturated carbocycles. The number of hydrogen-bond acceptors (Lipinski definition) is 4. The highest BCUT2D eigenvalue weighted by Gasteiger charge is 2.32. The molecule has 172 valence electrons. The van der Waals surface area contributed by atoms with Crippen molar-refractivity contribution in [2.45, 2.75) is 46.2 Å². The minimum absolute atomic E-state index is 0.400. The van der Waals surface area contributed by atoms with Crippen LogP contribution in [-0.4, -0.2) is 27.9 Å². The Bertz CT molecular complexity index is 1010. The van der Waals surface area contributed by atoms with Gasteiger partial charge in [-0.1, -0.05) is 13.5 Å². The van der Waals surface area contributed by atoms with Crippen LogP contribution >= 0.6 is 0 Å². The summed E-state index contributed by atoms with van der Waals surface area (Å²) in [6, 6.07) is 2.43. The third kappa shape index (κ3) is 6.67. The number of alkyl halides is 3. The van der Waals surface area contributed by atoms with E-state index in [-0.39, 0.29) is 0 Å². The summed E-state index contributed by atoms with van der Waals surface area (Å²) in [6.07, 6.45) is 6.72. The van der Waals surface area contributed by atoms with Crippen LogP contribution in [-0.2, 0) is 17.4 Å². The van der Waals surface area contributed by atoms with Crippen molar-refractivity contribution in [2.24, 2.45) is 5.92 Å². The van der Waals surface area contributed by atoms with Gasteiger partial charge in [0.2, 0.25) is 0 Å². The summed E-state index contributed by atoms with van der Waals surface area (Å²) in [7, 11) is 1.55. The van der Waals surface area contributed by atoms with Crippen LogP contribution in [0.1, 0.15) is 45.1 Å². The Hall–Kier alpha value is -3.16. The largest absolute Gasteiger partial charge is 0.433 e. The van der Waals surface area contributed by atoms with E-state index in [0.717, 1.165) is 65.9 Å². The lowest BCUT2D eigenvalue weighted by Gasteiger charge is -2.13. The number of aryl methyl sites for hydroxylation is 1. The van der Waals surface area contributed by atoms with Crippen molar-refractivity contribution in [1.29, 1.82) is 0 Å². The Labute approximate surface area is 186 Å². The fourth-order valence-electron chi connectivity index (χ4n) is 3.22. The lowest BCUT2D eigenvalue weighted by atomic mass is 9.93. The first-order valence-electron chi connectivity index (χ1n) is 10.4. The van der Waals surface area contributed by atoms with Crippen LogP contribution in [0.5, 0.6) is 0 Å². The number of carbonyl (C=O) groups excluding carboxylic acids is 1. The molecule has 5 nitrogen and oxygen atoms in total. The van der Waals surface area contributed by atoms with Gasteiger partial charge in [0.1, 0.15) is 17.8 Å². The van der Waals surface area contributed by atoms with E-state index >= 15 is 0 Å². The van der Waals surface area contributed by atoms with Crippen molar-refractivity contribution in [2.75, 3.05) is 12.4 Å². The van der Waals surface area contributed by atoms with E-state index in [1.165, 1.54) is 6.07 Å².